The topological polar surface area (TPSA) is 65.2 Å². The predicted octanol–water partition coefficient (Wildman–Crippen LogP) is 1.47. The largest absolute Gasteiger partial charge is 0.561 e. The lowest BCUT2D eigenvalue weighted by Crippen LogP contribution is -2.41. The van der Waals surface area contributed by atoms with E-state index in [9.17, 15) is 9.59 Å². The fourth-order valence-electron chi connectivity index (χ4n) is 1.48. The minimum atomic E-state index is -0.932. The molecule has 1 heterocycles. The molecule has 0 bridgehead atoms. The minimum Gasteiger partial charge on any atom is -0.561 e. The molecule has 0 radical (unpaired) electrons. The van der Waals surface area contributed by atoms with Crippen LogP contribution < -0.4 is 5.56 Å². The molecule has 0 saturated carbocycles. The lowest BCUT2D eigenvalue weighted by atomic mass is 10.1. The summed E-state index contributed by atoms with van der Waals surface area (Å²) >= 11 is 0. The summed E-state index contributed by atoms with van der Waals surface area (Å²) in [5.41, 5.74) is -0.428. The van der Waals surface area contributed by atoms with Crippen LogP contribution >= 0.6 is 0 Å². The number of rotatable bonds is 4. The second-order valence-corrected chi connectivity index (χ2v) is 5.84. The number of hydrogen-bond acceptors (Lipinski definition) is 3. The van der Waals surface area contributed by atoms with Crippen LogP contribution in [0.25, 0.3) is 0 Å². The molecule has 5 heteroatoms. The van der Waals surface area contributed by atoms with Crippen molar-refractivity contribution in [3.63, 3.8) is 0 Å². The van der Waals surface area contributed by atoms with Crippen molar-refractivity contribution < 1.29 is 9.90 Å². The SMILES string of the molecule is CC#CC.CN(CCn1cccc(C(=O)[OH2+])c1=O)C(C)(C)C. The highest BCUT2D eigenvalue weighted by atomic mass is 16.4. The Labute approximate surface area is 132 Å². The first-order valence-corrected chi connectivity index (χ1v) is 7.15. The van der Waals surface area contributed by atoms with Gasteiger partial charge in [-0.1, -0.05) is 0 Å². The van der Waals surface area contributed by atoms with Gasteiger partial charge in [0.05, 0.1) is 0 Å². The maximum atomic E-state index is 11.9. The minimum absolute atomic E-state index is 0.0342. The van der Waals surface area contributed by atoms with Gasteiger partial charge >= 0.3 is 5.97 Å². The first kappa shape index (κ1) is 19.9. The second-order valence-electron chi connectivity index (χ2n) is 5.84. The highest BCUT2D eigenvalue weighted by molar-refractivity contribution is 5.86. The molecule has 1 aromatic rings. The zero-order chi connectivity index (χ0) is 17.3. The summed E-state index contributed by atoms with van der Waals surface area (Å²) in [5, 5.41) is 7.01. The molecular formula is C17H27N2O3+. The Balaban J connectivity index is 0.000000980. The number of nitrogens with zero attached hydrogens (tertiary/aromatic N) is 2. The summed E-state index contributed by atoms with van der Waals surface area (Å²) in [7, 11) is 1.99. The third kappa shape index (κ3) is 6.59. The molecule has 0 aromatic carbocycles. The predicted molar refractivity (Wildman–Crippen MR) is 90.2 cm³/mol. The molecule has 0 aliphatic carbocycles. The monoisotopic (exact) mass is 307 g/mol. The third-order valence-corrected chi connectivity index (χ3v) is 3.34. The third-order valence-electron chi connectivity index (χ3n) is 3.34. The van der Waals surface area contributed by atoms with Gasteiger partial charge < -0.3 is 9.67 Å². The maximum Gasteiger partial charge on any atom is 0.554 e. The van der Waals surface area contributed by atoms with Crippen LogP contribution in [0.15, 0.2) is 23.1 Å². The Morgan fingerprint density at radius 1 is 1.32 bits per heavy atom. The molecule has 0 amide bonds. The zero-order valence-electron chi connectivity index (χ0n) is 14.4. The summed E-state index contributed by atoms with van der Waals surface area (Å²) in [6.07, 6.45) is 1.64. The quantitative estimate of drug-likeness (QED) is 0.625. The van der Waals surface area contributed by atoms with Crippen molar-refractivity contribution in [1.29, 1.82) is 0 Å². The van der Waals surface area contributed by atoms with Gasteiger partial charge in [-0.2, -0.15) is 0 Å². The van der Waals surface area contributed by atoms with E-state index >= 15 is 0 Å². The van der Waals surface area contributed by atoms with Crippen LogP contribution in [0.1, 0.15) is 45.0 Å². The summed E-state index contributed by atoms with van der Waals surface area (Å²) in [6.45, 7) is 11.1. The molecule has 0 saturated heterocycles. The van der Waals surface area contributed by atoms with Gasteiger partial charge in [0.1, 0.15) is 0 Å². The molecule has 22 heavy (non-hydrogen) atoms. The van der Waals surface area contributed by atoms with Gasteiger partial charge in [-0.3, -0.25) is 9.69 Å². The van der Waals surface area contributed by atoms with Crippen LogP contribution in [0, 0.1) is 11.8 Å². The fourth-order valence-corrected chi connectivity index (χ4v) is 1.48. The molecule has 0 spiro atoms. The molecule has 0 aliphatic rings. The van der Waals surface area contributed by atoms with Crippen LogP contribution in [0.3, 0.4) is 0 Å². The second kappa shape index (κ2) is 9.06. The standard InChI is InChI=1S/C13H20N2O3.C4H6/c1-13(2,3)14(4)8-9-15-7-5-6-10(11(15)16)12(17)18;1-3-4-2/h5-7H,8-9H2,1-4H3,(H,17,18);1-2H3/p+1. The molecule has 0 fully saturated rings. The van der Waals surface area contributed by atoms with Crippen molar-refractivity contribution in [2.75, 3.05) is 13.6 Å². The summed E-state index contributed by atoms with van der Waals surface area (Å²) in [4.78, 5) is 25.0. The first-order chi connectivity index (χ1) is 10.1. The van der Waals surface area contributed by atoms with E-state index in [-0.39, 0.29) is 16.7 Å². The molecule has 0 atom stereocenters. The summed E-state index contributed by atoms with van der Waals surface area (Å²) in [6, 6.07) is 3.02. The average Bonchev–Trinajstić information content (AvgIpc) is 2.44. The van der Waals surface area contributed by atoms with E-state index < -0.39 is 5.97 Å². The Morgan fingerprint density at radius 2 is 1.86 bits per heavy atom. The Morgan fingerprint density at radius 3 is 2.27 bits per heavy atom. The number of likely N-dealkylation sites (N-methyl/N-ethyl adjacent to an activating group) is 1. The Hall–Kier alpha value is -2.06. The highest BCUT2D eigenvalue weighted by Crippen LogP contribution is 2.09. The number of pyridine rings is 1. The summed E-state index contributed by atoms with van der Waals surface area (Å²) in [5.74, 6) is 4.43. The molecule has 1 rings (SSSR count). The normalized spacial score (nSPS) is 10.3. The van der Waals surface area contributed by atoms with Crippen LogP contribution in [-0.2, 0) is 6.54 Å². The van der Waals surface area contributed by atoms with Gasteiger partial charge in [0.2, 0.25) is 0 Å². The van der Waals surface area contributed by atoms with Crippen molar-refractivity contribution in [2.45, 2.75) is 46.7 Å². The van der Waals surface area contributed by atoms with Crippen molar-refractivity contribution in [3.8, 4) is 11.8 Å². The van der Waals surface area contributed by atoms with Gasteiger partial charge in [-0.25, -0.2) is 0 Å². The Kier molecular flexibility index (Phi) is 8.21. The highest BCUT2D eigenvalue weighted by Gasteiger charge is 2.19. The van der Waals surface area contributed by atoms with Crippen LogP contribution in [0.2, 0.25) is 0 Å². The van der Waals surface area contributed by atoms with Gasteiger partial charge in [-0.05, 0) is 53.8 Å². The van der Waals surface area contributed by atoms with Crippen LogP contribution in [0.5, 0.6) is 0 Å². The Bertz CT molecular complexity index is 595. The first-order valence-electron chi connectivity index (χ1n) is 7.15. The lowest BCUT2D eigenvalue weighted by molar-refractivity contribution is 0.0694. The number of carbonyl (C=O) groups excluding carboxylic acids is 1. The lowest BCUT2D eigenvalue weighted by Gasteiger charge is -2.31. The van der Waals surface area contributed by atoms with Gasteiger partial charge in [-0.15, -0.1) is 11.8 Å². The van der Waals surface area contributed by atoms with Crippen LogP contribution in [0.4, 0.5) is 0 Å². The number of aromatic nitrogens is 1. The van der Waals surface area contributed by atoms with E-state index in [1.54, 1.807) is 12.3 Å². The molecule has 2 N–H and O–H groups in total. The molecule has 122 valence electrons. The molecule has 1 aromatic heterocycles. The van der Waals surface area contributed by atoms with Crippen molar-refractivity contribution in [3.05, 3.63) is 34.2 Å². The average molecular weight is 307 g/mol. The van der Waals surface area contributed by atoms with E-state index in [0.29, 0.717) is 13.1 Å². The maximum absolute atomic E-state index is 11.9. The van der Waals surface area contributed by atoms with Crippen molar-refractivity contribution >= 4 is 5.97 Å². The molecule has 5 nitrogen and oxygen atoms in total. The number of hydrogen-bond donors (Lipinski definition) is 0. The smallest absolute Gasteiger partial charge is 0.554 e. The van der Waals surface area contributed by atoms with Gasteiger partial charge in [0.25, 0.3) is 5.56 Å². The van der Waals surface area contributed by atoms with Crippen molar-refractivity contribution in [2.24, 2.45) is 0 Å². The molecule has 0 aliphatic heterocycles. The van der Waals surface area contributed by atoms with E-state index in [1.807, 2.05) is 20.9 Å². The van der Waals surface area contributed by atoms with Crippen molar-refractivity contribution in [1.82, 2.24) is 9.47 Å². The fraction of sp³-hybridized carbons (Fsp3) is 0.529. The summed E-state index contributed by atoms with van der Waals surface area (Å²) < 4.78 is 1.48. The van der Waals surface area contributed by atoms with Crippen LogP contribution in [-0.4, -0.2) is 39.7 Å². The zero-order valence-corrected chi connectivity index (χ0v) is 14.4. The van der Waals surface area contributed by atoms with E-state index in [2.05, 4.69) is 37.5 Å². The molecule has 0 unspecified atom stereocenters. The van der Waals surface area contributed by atoms with Gasteiger partial charge in [0.15, 0.2) is 5.56 Å². The van der Waals surface area contributed by atoms with E-state index in [4.69, 9.17) is 5.11 Å². The van der Waals surface area contributed by atoms with Gasteiger partial charge in [0, 0.05) is 29.6 Å². The molecular weight excluding hydrogens is 280 g/mol. The van der Waals surface area contributed by atoms with E-state index in [0.717, 1.165) is 0 Å². The van der Waals surface area contributed by atoms with E-state index in [1.165, 1.54) is 10.6 Å². The number of carbonyl (C=O) groups is 1.